The molecule has 0 atom stereocenters. The van der Waals surface area contributed by atoms with Crippen molar-refractivity contribution in [2.75, 3.05) is 17.7 Å². The Balaban J connectivity index is 1.71. The van der Waals surface area contributed by atoms with Crippen molar-refractivity contribution in [3.63, 3.8) is 0 Å². The number of benzene rings is 1. The summed E-state index contributed by atoms with van der Waals surface area (Å²) in [4.78, 5) is 23.4. The van der Waals surface area contributed by atoms with Gasteiger partial charge in [0, 0.05) is 5.92 Å². The molecule has 1 aliphatic carbocycles. The van der Waals surface area contributed by atoms with Crippen LogP contribution in [-0.2, 0) is 9.53 Å². The van der Waals surface area contributed by atoms with Crippen molar-refractivity contribution in [2.24, 2.45) is 5.92 Å². The number of aromatic nitrogens is 2. The van der Waals surface area contributed by atoms with Gasteiger partial charge in [-0.25, -0.2) is 4.79 Å². The Bertz CT molecular complexity index is 726. The van der Waals surface area contributed by atoms with E-state index < -0.39 is 5.97 Å². The molecule has 2 N–H and O–H groups in total. The number of ether oxygens (including phenoxy) is 1. The molecule has 1 amide bonds. The third-order valence-electron chi connectivity index (χ3n) is 3.46. The second-order valence-corrected chi connectivity index (χ2v) is 5.23. The first-order valence-electron chi connectivity index (χ1n) is 7.26. The summed E-state index contributed by atoms with van der Waals surface area (Å²) >= 11 is 0. The summed E-state index contributed by atoms with van der Waals surface area (Å²) in [7, 11) is 1.33. The van der Waals surface area contributed by atoms with E-state index in [-0.39, 0.29) is 11.8 Å². The Morgan fingerprint density at radius 2 is 1.78 bits per heavy atom. The van der Waals surface area contributed by atoms with Crippen LogP contribution >= 0.6 is 0 Å². The number of anilines is 3. The highest BCUT2D eigenvalue weighted by Crippen LogP contribution is 2.30. The molecule has 0 radical (unpaired) electrons. The number of esters is 1. The number of nitrogens with one attached hydrogen (secondary N) is 2. The fourth-order valence-electron chi connectivity index (χ4n) is 2.06. The monoisotopic (exact) mass is 312 g/mol. The SMILES string of the molecule is COC(=O)c1ccccc1Nc1ccc(NC(=O)C2CC2)nn1. The molecule has 1 saturated carbocycles. The zero-order chi connectivity index (χ0) is 16.2. The number of nitrogens with zero attached hydrogens (tertiary/aromatic N) is 2. The van der Waals surface area contributed by atoms with Crippen LogP contribution in [0.2, 0.25) is 0 Å². The second-order valence-electron chi connectivity index (χ2n) is 5.23. The van der Waals surface area contributed by atoms with E-state index in [1.807, 2.05) is 0 Å². The Morgan fingerprint density at radius 3 is 2.43 bits per heavy atom. The van der Waals surface area contributed by atoms with Gasteiger partial charge >= 0.3 is 5.97 Å². The standard InChI is InChI=1S/C16H16N4O3/c1-23-16(22)11-4-2-3-5-12(11)17-13-8-9-14(20-19-13)18-15(21)10-6-7-10/h2-5,8-10H,6-7H2,1H3,(H,17,19)(H,18,20,21). The van der Waals surface area contributed by atoms with Crippen LogP contribution in [0.4, 0.5) is 17.3 Å². The summed E-state index contributed by atoms with van der Waals surface area (Å²) in [5.41, 5.74) is 0.978. The van der Waals surface area contributed by atoms with Gasteiger partial charge in [0.05, 0.1) is 18.4 Å². The minimum atomic E-state index is -0.436. The van der Waals surface area contributed by atoms with E-state index in [2.05, 4.69) is 20.8 Å². The summed E-state index contributed by atoms with van der Waals surface area (Å²) < 4.78 is 4.74. The van der Waals surface area contributed by atoms with Crippen molar-refractivity contribution in [1.29, 1.82) is 0 Å². The smallest absolute Gasteiger partial charge is 0.339 e. The van der Waals surface area contributed by atoms with Crippen LogP contribution in [0.15, 0.2) is 36.4 Å². The van der Waals surface area contributed by atoms with Gasteiger partial charge in [-0.1, -0.05) is 12.1 Å². The average Bonchev–Trinajstić information content (AvgIpc) is 3.41. The zero-order valence-corrected chi connectivity index (χ0v) is 12.6. The molecule has 1 heterocycles. The molecule has 1 aliphatic rings. The van der Waals surface area contributed by atoms with Gasteiger partial charge in [-0.3, -0.25) is 4.79 Å². The van der Waals surface area contributed by atoms with Crippen LogP contribution in [0.25, 0.3) is 0 Å². The lowest BCUT2D eigenvalue weighted by Crippen LogP contribution is -2.14. The highest BCUT2D eigenvalue weighted by Gasteiger charge is 2.29. The predicted molar refractivity (Wildman–Crippen MR) is 84.4 cm³/mol. The number of hydrogen-bond acceptors (Lipinski definition) is 6. The summed E-state index contributed by atoms with van der Waals surface area (Å²) in [6.07, 6.45) is 1.87. The van der Waals surface area contributed by atoms with Gasteiger partial charge in [-0.15, -0.1) is 10.2 Å². The topological polar surface area (TPSA) is 93.2 Å². The van der Waals surface area contributed by atoms with E-state index >= 15 is 0 Å². The van der Waals surface area contributed by atoms with Gasteiger partial charge in [0.1, 0.15) is 0 Å². The van der Waals surface area contributed by atoms with Crippen molar-refractivity contribution < 1.29 is 14.3 Å². The highest BCUT2D eigenvalue weighted by atomic mass is 16.5. The number of amides is 1. The summed E-state index contributed by atoms with van der Waals surface area (Å²) in [6.45, 7) is 0. The van der Waals surface area contributed by atoms with Crippen LogP contribution in [-0.4, -0.2) is 29.2 Å². The van der Waals surface area contributed by atoms with E-state index in [4.69, 9.17) is 4.74 Å². The molecule has 2 aromatic rings. The van der Waals surface area contributed by atoms with E-state index in [1.54, 1.807) is 36.4 Å². The number of carbonyl (C=O) groups excluding carboxylic acids is 2. The fraction of sp³-hybridized carbons (Fsp3) is 0.250. The maximum absolute atomic E-state index is 11.7. The van der Waals surface area contributed by atoms with Gasteiger partial charge in [0.2, 0.25) is 5.91 Å². The first kappa shape index (κ1) is 15.0. The molecule has 3 rings (SSSR count). The summed E-state index contributed by atoms with van der Waals surface area (Å²) in [5.74, 6) is 0.534. The molecule has 7 heteroatoms. The number of rotatable bonds is 5. The maximum atomic E-state index is 11.7. The summed E-state index contributed by atoms with van der Waals surface area (Å²) in [5, 5.41) is 13.7. The molecule has 23 heavy (non-hydrogen) atoms. The average molecular weight is 312 g/mol. The Hall–Kier alpha value is -2.96. The van der Waals surface area contributed by atoms with Crippen molar-refractivity contribution >= 4 is 29.2 Å². The van der Waals surface area contributed by atoms with Gasteiger partial charge in [-0.2, -0.15) is 0 Å². The van der Waals surface area contributed by atoms with Crippen LogP contribution in [0.5, 0.6) is 0 Å². The van der Waals surface area contributed by atoms with Crippen molar-refractivity contribution in [3.8, 4) is 0 Å². The Labute approximate surface area is 133 Å². The molecule has 7 nitrogen and oxygen atoms in total. The van der Waals surface area contributed by atoms with Gasteiger partial charge in [0.15, 0.2) is 11.6 Å². The van der Waals surface area contributed by atoms with Crippen LogP contribution in [0.3, 0.4) is 0 Å². The van der Waals surface area contributed by atoms with Crippen molar-refractivity contribution in [1.82, 2.24) is 10.2 Å². The molecular weight excluding hydrogens is 296 g/mol. The lowest BCUT2D eigenvalue weighted by Gasteiger charge is -2.10. The molecule has 0 bridgehead atoms. The van der Waals surface area contributed by atoms with E-state index in [9.17, 15) is 9.59 Å². The molecule has 0 spiro atoms. The van der Waals surface area contributed by atoms with E-state index in [1.165, 1.54) is 7.11 Å². The second kappa shape index (κ2) is 6.43. The molecule has 0 unspecified atom stereocenters. The largest absolute Gasteiger partial charge is 0.465 e. The maximum Gasteiger partial charge on any atom is 0.339 e. The molecular formula is C16H16N4O3. The number of para-hydroxylation sites is 1. The molecule has 1 aromatic carbocycles. The molecule has 0 saturated heterocycles. The molecule has 1 fully saturated rings. The van der Waals surface area contributed by atoms with E-state index in [0.717, 1.165) is 12.8 Å². The number of hydrogen-bond donors (Lipinski definition) is 2. The summed E-state index contributed by atoms with van der Waals surface area (Å²) in [6, 6.07) is 10.3. The predicted octanol–water partition coefficient (Wildman–Crippen LogP) is 2.36. The van der Waals surface area contributed by atoms with Gasteiger partial charge in [0.25, 0.3) is 0 Å². The van der Waals surface area contributed by atoms with Crippen LogP contribution < -0.4 is 10.6 Å². The van der Waals surface area contributed by atoms with Gasteiger partial charge in [-0.05, 0) is 37.1 Å². The highest BCUT2D eigenvalue weighted by molar-refractivity contribution is 5.96. The minimum absolute atomic E-state index is 0.0175. The third-order valence-corrected chi connectivity index (χ3v) is 3.46. The quantitative estimate of drug-likeness (QED) is 0.823. The fourth-order valence-corrected chi connectivity index (χ4v) is 2.06. The molecule has 118 valence electrons. The lowest BCUT2D eigenvalue weighted by atomic mass is 10.2. The third kappa shape index (κ3) is 3.63. The molecule has 0 aliphatic heterocycles. The number of carbonyl (C=O) groups is 2. The van der Waals surface area contributed by atoms with Crippen LogP contribution in [0.1, 0.15) is 23.2 Å². The zero-order valence-electron chi connectivity index (χ0n) is 12.6. The Kier molecular flexibility index (Phi) is 4.18. The first-order chi connectivity index (χ1) is 11.2. The normalized spacial score (nSPS) is 13.3. The van der Waals surface area contributed by atoms with Gasteiger partial charge < -0.3 is 15.4 Å². The number of methoxy groups -OCH3 is 1. The Morgan fingerprint density at radius 1 is 1.09 bits per heavy atom. The molecule has 1 aromatic heterocycles. The van der Waals surface area contributed by atoms with Crippen molar-refractivity contribution in [2.45, 2.75) is 12.8 Å². The van der Waals surface area contributed by atoms with E-state index in [0.29, 0.717) is 22.9 Å². The lowest BCUT2D eigenvalue weighted by molar-refractivity contribution is -0.117. The minimum Gasteiger partial charge on any atom is -0.465 e. The van der Waals surface area contributed by atoms with Crippen LogP contribution in [0, 0.1) is 5.92 Å². The first-order valence-corrected chi connectivity index (χ1v) is 7.26. The van der Waals surface area contributed by atoms with Crippen molar-refractivity contribution in [3.05, 3.63) is 42.0 Å².